The largest absolute Gasteiger partial charge is 0.496 e. The maximum Gasteiger partial charge on any atom is 0.257 e. The molecule has 1 amide bonds. The topological polar surface area (TPSA) is 119 Å². The van der Waals surface area contributed by atoms with E-state index in [0.717, 1.165) is 11.5 Å². The Balaban J connectivity index is 2.27. The summed E-state index contributed by atoms with van der Waals surface area (Å²) in [5.74, 6) is 1.49. The molecular weight excluding hydrogens is 466 g/mol. The van der Waals surface area contributed by atoms with Crippen LogP contribution < -0.4 is 33.1 Å². The summed E-state index contributed by atoms with van der Waals surface area (Å²) in [6.07, 6.45) is 3.68. The van der Waals surface area contributed by atoms with E-state index >= 15 is 0 Å². The molecule has 0 saturated heterocycles. The number of nitrogens with one attached hydrogen (secondary N) is 1. The molecule has 2 aromatic rings. The van der Waals surface area contributed by atoms with Crippen molar-refractivity contribution in [2.45, 2.75) is 0 Å². The average molecular weight is 494 g/mol. The van der Waals surface area contributed by atoms with Crippen LogP contribution in [0, 0.1) is 0 Å². The summed E-state index contributed by atoms with van der Waals surface area (Å²) < 4.78 is 58.4. The second-order valence-electron chi connectivity index (χ2n) is 6.54. The summed E-state index contributed by atoms with van der Waals surface area (Å²) in [6.45, 7) is 0. The zero-order valence-corrected chi connectivity index (χ0v) is 20.5. The molecule has 10 nitrogen and oxygen atoms in total. The van der Waals surface area contributed by atoms with Gasteiger partial charge in [0.2, 0.25) is 0 Å². The van der Waals surface area contributed by atoms with E-state index in [4.69, 9.17) is 28.4 Å². The monoisotopic (exact) mass is 493 g/mol. The highest BCUT2D eigenvalue weighted by Crippen LogP contribution is 2.36. The van der Waals surface area contributed by atoms with Crippen LogP contribution in [0.15, 0.2) is 35.7 Å². The van der Waals surface area contributed by atoms with Gasteiger partial charge < -0.3 is 28.4 Å². The fourth-order valence-electron chi connectivity index (χ4n) is 2.92. The van der Waals surface area contributed by atoms with Gasteiger partial charge in [-0.15, -0.1) is 0 Å². The maximum atomic E-state index is 12.5. The van der Waals surface area contributed by atoms with E-state index in [1.165, 1.54) is 54.8 Å². The standard InChI is InChI=1S/C23H27NO9S/c1-28-15-11-19(30-3)17(20(12-15)31-4)7-8-23(25)24-34(26,27)10-9-18-21(32-5)13-16(29-2)14-22(18)33-6/h7-14H,1-6H3,(H,24,25)/b8-7-,10-9+. The zero-order chi connectivity index (χ0) is 25.3. The van der Waals surface area contributed by atoms with Crippen LogP contribution in [0.25, 0.3) is 12.2 Å². The second kappa shape index (κ2) is 11.8. The predicted octanol–water partition coefficient (Wildman–Crippen LogP) is 2.87. The molecule has 0 aliphatic heterocycles. The summed E-state index contributed by atoms with van der Waals surface area (Å²) in [7, 11) is 4.57. The normalized spacial score (nSPS) is 11.4. The van der Waals surface area contributed by atoms with E-state index < -0.39 is 15.9 Å². The number of carbonyl (C=O) groups excluding carboxylic acids is 1. The molecule has 184 valence electrons. The lowest BCUT2D eigenvalue weighted by atomic mass is 10.1. The van der Waals surface area contributed by atoms with Crippen molar-refractivity contribution in [2.24, 2.45) is 0 Å². The van der Waals surface area contributed by atoms with Crippen molar-refractivity contribution in [3.8, 4) is 34.5 Å². The van der Waals surface area contributed by atoms with E-state index in [1.807, 2.05) is 4.72 Å². The summed E-state index contributed by atoms with van der Waals surface area (Å²) in [4.78, 5) is 12.3. The minimum absolute atomic E-state index is 0.326. The van der Waals surface area contributed by atoms with Crippen molar-refractivity contribution in [1.82, 2.24) is 4.72 Å². The van der Waals surface area contributed by atoms with Crippen LogP contribution in [-0.4, -0.2) is 57.0 Å². The van der Waals surface area contributed by atoms with Gasteiger partial charge in [-0.1, -0.05) is 0 Å². The number of benzene rings is 2. The number of hydrogen-bond donors (Lipinski definition) is 1. The fourth-order valence-corrected chi connectivity index (χ4v) is 3.65. The third kappa shape index (κ3) is 6.58. The van der Waals surface area contributed by atoms with Gasteiger partial charge in [-0.2, -0.15) is 0 Å². The number of methoxy groups -OCH3 is 6. The van der Waals surface area contributed by atoms with Gasteiger partial charge >= 0.3 is 0 Å². The van der Waals surface area contributed by atoms with Gasteiger partial charge in [0.1, 0.15) is 34.5 Å². The molecule has 0 radical (unpaired) electrons. The van der Waals surface area contributed by atoms with E-state index in [2.05, 4.69) is 0 Å². The molecule has 0 spiro atoms. The van der Waals surface area contributed by atoms with Crippen molar-refractivity contribution in [3.05, 3.63) is 46.9 Å². The average Bonchev–Trinajstić information content (AvgIpc) is 2.84. The van der Waals surface area contributed by atoms with Crippen molar-refractivity contribution in [1.29, 1.82) is 0 Å². The Labute approximate surface area is 198 Å². The Morgan fingerprint density at radius 1 is 0.676 bits per heavy atom. The second-order valence-corrected chi connectivity index (χ2v) is 8.10. The van der Waals surface area contributed by atoms with Gasteiger partial charge in [-0.25, -0.2) is 13.1 Å². The number of hydrogen-bond acceptors (Lipinski definition) is 9. The Kier molecular flexibility index (Phi) is 9.19. The van der Waals surface area contributed by atoms with Crippen LogP contribution in [0.3, 0.4) is 0 Å². The van der Waals surface area contributed by atoms with E-state index in [0.29, 0.717) is 45.6 Å². The van der Waals surface area contributed by atoms with Crippen molar-refractivity contribution < 1.29 is 41.6 Å². The third-order valence-corrected chi connectivity index (χ3v) is 5.54. The van der Waals surface area contributed by atoms with E-state index in [1.54, 1.807) is 24.3 Å². The third-order valence-electron chi connectivity index (χ3n) is 4.56. The summed E-state index contributed by atoms with van der Waals surface area (Å²) in [5, 5.41) is 0.833. The van der Waals surface area contributed by atoms with Gasteiger partial charge in [0.25, 0.3) is 15.9 Å². The smallest absolute Gasteiger partial charge is 0.257 e. The lowest BCUT2D eigenvalue weighted by molar-refractivity contribution is -0.114. The van der Waals surface area contributed by atoms with Crippen LogP contribution in [0.5, 0.6) is 34.5 Å². The lowest BCUT2D eigenvalue weighted by Crippen LogP contribution is -2.26. The summed E-state index contributed by atoms with van der Waals surface area (Å²) in [5.41, 5.74) is 0.786. The van der Waals surface area contributed by atoms with Gasteiger partial charge in [0.05, 0.1) is 59.2 Å². The quantitative estimate of drug-likeness (QED) is 0.471. The molecule has 0 heterocycles. The van der Waals surface area contributed by atoms with Gasteiger partial charge in [0.15, 0.2) is 0 Å². The molecule has 0 aliphatic carbocycles. The van der Waals surface area contributed by atoms with Gasteiger partial charge in [-0.3, -0.25) is 4.79 Å². The van der Waals surface area contributed by atoms with Crippen molar-refractivity contribution in [3.63, 3.8) is 0 Å². The Bertz CT molecular complexity index is 1140. The van der Waals surface area contributed by atoms with Crippen LogP contribution in [0.4, 0.5) is 0 Å². The molecule has 0 saturated carbocycles. The highest BCUT2D eigenvalue weighted by atomic mass is 32.2. The molecule has 1 N–H and O–H groups in total. The first-order valence-electron chi connectivity index (χ1n) is 9.74. The molecule has 34 heavy (non-hydrogen) atoms. The molecule has 0 aliphatic rings. The Hall–Kier alpha value is -3.86. The van der Waals surface area contributed by atoms with Crippen LogP contribution in [0.1, 0.15) is 11.1 Å². The van der Waals surface area contributed by atoms with Crippen LogP contribution >= 0.6 is 0 Å². The summed E-state index contributed by atoms with van der Waals surface area (Å²) >= 11 is 0. The molecule has 0 aromatic heterocycles. The van der Waals surface area contributed by atoms with E-state index in [9.17, 15) is 13.2 Å². The van der Waals surface area contributed by atoms with E-state index in [-0.39, 0.29) is 0 Å². The first-order valence-corrected chi connectivity index (χ1v) is 11.3. The molecule has 2 rings (SSSR count). The van der Waals surface area contributed by atoms with Gasteiger partial charge in [-0.05, 0) is 12.2 Å². The lowest BCUT2D eigenvalue weighted by Gasteiger charge is -2.12. The number of sulfonamides is 1. The van der Waals surface area contributed by atoms with Crippen LogP contribution in [-0.2, 0) is 14.8 Å². The summed E-state index contributed by atoms with van der Waals surface area (Å²) in [6, 6.07) is 6.36. The first-order chi connectivity index (χ1) is 16.2. The number of ether oxygens (including phenoxy) is 6. The molecule has 0 bridgehead atoms. The van der Waals surface area contributed by atoms with Crippen molar-refractivity contribution in [2.75, 3.05) is 42.7 Å². The molecule has 11 heteroatoms. The molecule has 2 aromatic carbocycles. The minimum Gasteiger partial charge on any atom is -0.496 e. The molecule has 0 unspecified atom stereocenters. The van der Waals surface area contributed by atoms with Crippen LogP contribution in [0.2, 0.25) is 0 Å². The highest BCUT2D eigenvalue weighted by molar-refractivity contribution is 7.93. The number of amides is 1. The fraction of sp³-hybridized carbons (Fsp3) is 0.261. The molecular formula is C23H27NO9S. The SMILES string of the molecule is COc1cc(OC)c(/C=C\C(=O)NS(=O)(=O)/C=C/c2c(OC)cc(OC)cc2OC)c(OC)c1. The first kappa shape index (κ1) is 26.4. The number of carbonyl (C=O) groups is 1. The number of rotatable bonds is 11. The Morgan fingerprint density at radius 3 is 1.41 bits per heavy atom. The van der Waals surface area contributed by atoms with Crippen molar-refractivity contribution >= 4 is 28.1 Å². The molecule has 0 atom stereocenters. The minimum atomic E-state index is -4.15. The zero-order valence-electron chi connectivity index (χ0n) is 19.7. The predicted molar refractivity (Wildman–Crippen MR) is 127 cm³/mol. The van der Waals surface area contributed by atoms with Gasteiger partial charge in [0, 0.05) is 30.3 Å². The maximum absolute atomic E-state index is 12.5. The molecule has 0 fully saturated rings. The Morgan fingerprint density at radius 2 is 1.06 bits per heavy atom. The highest BCUT2D eigenvalue weighted by Gasteiger charge is 2.15.